The van der Waals surface area contributed by atoms with Gasteiger partial charge in [-0.15, -0.1) is 0 Å². The van der Waals surface area contributed by atoms with Crippen molar-refractivity contribution in [3.05, 3.63) is 53.6 Å². The first kappa shape index (κ1) is 25.8. The SMILES string of the molecule is COc1ccc(CC(=O)NC2CCN(CC(=O)N3CCCc4ccccc43)CC2)cc1OC.[Cl-]. The average molecular weight is 487 g/mol. The van der Waals surface area contributed by atoms with Crippen molar-refractivity contribution in [2.45, 2.75) is 38.1 Å². The number of para-hydroxylation sites is 1. The summed E-state index contributed by atoms with van der Waals surface area (Å²) in [6, 6.07) is 13.9. The summed E-state index contributed by atoms with van der Waals surface area (Å²) in [4.78, 5) is 29.7. The van der Waals surface area contributed by atoms with E-state index in [1.54, 1.807) is 14.2 Å². The molecule has 1 N–H and O–H groups in total. The van der Waals surface area contributed by atoms with Crippen LogP contribution in [0.5, 0.6) is 11.5 Å². The molecule has 2 aromatic rings. The van der Waals surface area contributed by atoms with Crippen molar-refractivity contribution in [1.29, 1.82) is 0 Å². The summed E-state index contributed by atoms with van der Waals surface area (Å²) in [7, 11) is 3.18. The van der Waals surface area contributed by atoms with Crippen molar-refractivity contribution in [2.24, 2.45) is 0 Å². The highest BCUT2D eigenvalue weighted by Gasteiger charge is 2.26. The van der Waals surface area contributed by atoms with Crippen molar-refractivity contribution in [2.75, 3.05) is 45.3 Å². The van der Waals surface area contributed by atoms with E-state index in [0.29, 0.717) is 24.5 Å². The Morgan fingerprint density at radius 2 is 1.74 bits per heavy atom. The van der Waals surface area contributed by atoms with Gasteiger partial charge in [0, 0.05) is 31.4 Å². The van der Waals surface area contributed by atoms with E-state index >= 15 is 0 Å². The zero-order valence-corrected chi connectivity index (χ0v) is 20.6. The minimum Gasteiger partial charge on any atom is -1.00 e. The first-order valence-electron chi connectivity index (χ1n) is 11.7. The van der Waals surface area contributed by atoms with Crippen LogP contribution >= 0.6 is 0 Å². The molecule has 2 amide bonds. The summed E-state index contributed by atoms with van der Waals surface area (Å²) in [5.74, 6) is 1.44. The number of hydrogen-bond acceptors (Lipinski definition) is 5. The molecular weight excluding hydrogens is 454 g/mol. The predicted molar refractivity (Wildman–Crippen MR) is 128 cm³/mol. The summed E-state index contributed by atoms with van der Waals surface area (Å²) >= 11 is 0. The van der Waals surface area contributed by atoms with Gasteiger partial charge in [-0.3, -0.25) is 14.5 Å². The molecule has 7 nitrogen and oxygen atoms in total. The van der Waals surface area contributed by atoms with E-state index in [9.17, 15) is 9.59 Å². The number of anilines is 1. The quantitative estimate of drug-likeness (QED) is 0.587. The van der Waals surface area contributed by atoms with Crippen molar-refractivity contribution >= 4 is 17.5 Å². The number of nitrogens with one attached hydrogen (secondary N) is 1. The molecule has 34 heavy (non-hydrogen) atoms. The minimum atomic E-state index is 0. The van der Waals surface area contributed by atoms with E-state index in [0.717, 1.165) is 56.6 Å². The molecule has 4 rings (SSSR count). The lowest BCUT2D eigenvalue weighted by Gasteiger charge is -2.35. The van der Waals surface area contributed by atoms with Gasteiger partial charge in [-0.2, -0.15) is 0 Å². The normalized spacial score (nSPS) is 16.2. The Labute approximate surface area is 207 Å². The van der Waals surface area contributed by atoms with Crippen LogP contribution in [0.25, 0.3) is 0 Å². The second-order valence-corrected chi connectivity index (χ2v) is 8.76. The van der Waals surface area contributed by atoms with Gasteiger partial charge in [0.15, 0.2) is 11.5 Å². The number of piperidine rings is 1. The van der Waals surface area contributed by atoms with Gasteiger partial charge in [0.2, 0.25) is 11.8 Å². The number of carbonyl (C=O) groups is 2. The summed E-state index contributed by atoms with van der Waals surface area (Å²) in [5.41, 5.74) is 3.20. The van der Waals surface area contributed by atoms with Crippen LogP contribution in [0.15, 0.2) is 42.5 Å². The number of nitrogens with zero attached hydrogens (tertiary/aromatic N) is 2. The van der Waals surface area contributed by atoms with Gasteiger partial charge >= 0.3 is 0 Å². The van der Waals surface area contributed by atoms with E-state index in [1.165, 1.54) is 5.56 Å². The smallest absolute Gasteiger partial charge is 0.241 e. The highest BCUT2D eigenvalue weighted by Crippen LogP contribution is 2.28. The van der Waals surface area contributed by atoms with Gasteiger partial charge in [0.25, 0.3) is 0 Å². The highest BCUT2D eigenvalue weighted by atomic mass is 35.5. The molecule has 1 saturated heterocycles. The summed E-state index contributed by atoms with van der Waals surface area (Å²) in [5, 5.41) is 3.15. The number of fused-ring (bicyclic) bond motifs is 1. The summed E-state index contributed by atoms with van der Waals surface area (Å²) in [6.45, 7) is 2.84. The Hall–Kier alpha value is -2.77. The van der Waals surface area contributed by atoms with Crippen molar-refractivity contribution in [3.63, 3.8) is 0 Å². The molecule has 2 aliphatic heterocycles. The molecule has 0 aliphatic carbocycles. The van der Waals surface area contributed by atoms with Crippen LogP contribution in [0.4, 0.5) is 5.69 Å². The molecule has 2 aromatic carbocycles. The van der Waals surface area contributed by atoms with Gasteiger partial charge < -0.3 is 32.1 Å². The standard InChI is InChI=1S/C26H33N3O4.ClH/c1-32-23-10-9-19(16-24(23)33-2)17-25(30)27-21-11-14-28(15-12-21)18-26(31)29-13-5-7-20-6-3-4-8-22(20)29;/h3-4,6,8-10,16,21H,5,7,11-15,17-18H2,1-2H3,(H,27,30);1H/p-1. The number of halogens is 1. The molecule has 2 aliphatic rings. The fourth-order valence-electron chi connectivity index (χ4n) is 4.76. The largest absolute Gasteiger partial charge is 1.00 e. The number of benzene rings is 2. The van der Waals surface area contributed by atoms with Crippen LogP contribution in [0.2, 0.25) is 0 Å². The molecule has 0 unspecified atom stereocenters. The second kappa shape index (κ2) is 12.1. The number of aryl methyl sites for hydroxylation is 1. The van der Waals surface area contributed by atoms with Gasteiger partial charge in [-0.25, -0.2) is 0 Å². The fourth-order valence-corrected chi connectivity index (χ4v) is 4.76. The zero-order valence-electron chi connectivity index (χ0n) is 19.9. The fraction of sp³-hybridized carbons (Fsp3) is 0.462. The van der Waals surface area contributed by atoms with Crippen molar-refractivity contribution in [1.82, 2.24) is 10.2 Å². The Balaban J connectivity index is 0.00000324. The molecule has 0 spiro atoms. The predicted octanol–water partition coefficient (Wildman–Crippen LogP) is -0.190. The zero-order chi connectivity index (χ0) is 23.2. The van der Waals surface area contributed by atoms with Gasteiger partial charge in [0.1, 0.15) is 0 Å². The summed E-state index contributed by atoms with van der Waals surface area (Å²) < 4.78 is 10.6. The molecular formula is C26H33ClN3O4-. The first-order valence-corrected chi connectivity index (χ1v) is 11.7. The maximum absolute atomic E-state index is 13.0. The van der Waals surface area contributed by atoms with Gasteiger partial charge in [0.05, 0.1) is 27.2 Å². The Kier molecular flexibility index (Phi) is 9.19. The second-order valence-electron chi connectivity index (χ2n) is 8.76. The van der Waals surface area contributed by atoms with Crippen LogP contribution in [-0.4, -0.2) is 63.2 Å². The van der Waals surface area contributed by atoms with Crippen LogP contribution in [0.3, 0.4) is 0 Å². The van der Waals surface area contributed by atoms with E-state index < -0.39 is 0 Å². The minimum absolute atomic E-state index is 0. The number of hydrogen-bond donors (Lipinski definition) is 1. The molecule has 0 aromatic heterocycles. The molecule has 0 bridgehead atoms. The molecule has 0 radical (unpaired) electrons. The topological polar surface area (TPSA) is 71.1 Å². The van der Waals surface area contributed by atoms with Crippen molar-refractivity contribution in [3.8, 4) is 11.5 Å². The monoisotopic (exact) mass is 486 g/mol. The average Bonchev–Trinajstić information content (AvgIpc) is 2.84. The lowest BCUT2D eigenvalue weighted by molar-refractivity contribution is -0.122. The van der Waals surface area contributed by atoms with Crippen LogP contribution in [-0.2, 0) is 22.4 Å². The first-order chi connectivity index (χ1) is 16.1. The number of likely N-dealkylation sites (tertiary alicyclic amines) is 1. The Morgan fingerprint density at radius 3 is 2.47 bits per heavy atom. The Bertz CT molecular complexity index is 992. The van der Waals surface area contributed by atoms with Crippen molar-refractivity contribution < 1.29 is 31.5 Å². The number of ether oxygens (including phenoxy) is 2. The maximum Gasteiger partial charge on any atom is 0.241 e. The Morgan fingerprint density at radius 1 is 1.00 bits per heavy atom. The van der Waals surface area contributed by atoms with Crippen LogP contribution in [0, 0.1) is 0 Å². The third-order valence-corrected chi connectivity index (χ3v) is 6.54. The molecule has 184 valence electrons. The molecule has 2 heterocycles. The van der Waals surface area contributed by atoms with Gasteiger partial charge in [-0.05, 0) is 55.0 Å². The highest BCUT2D eigenvalue weighted by molar-refractivity contribution is 5.96. The molecule has 0 saturated carbocycles. The van der Waals surface area contributed by atoms with Crippen LogP contribution in [0.1, 0.15) is 30.4 Å². The third kappa shape index (κ3) is 6.21. The van der Waals surface area contributed by atoms with E-state index in [1.807, 2.05) is 41.3 Å². The van der Waals surface area contributed by atoms with Gasteiger partial charge in [-0.1, -0.05) is 24.3 Å². The van der Waals surface area contributed by atoms with Crippen LogP contribution < -0.4 is 32.1 Å². The number of carbonyl (C=O) groups excluding carboxylic acids is 2. The maximum atomic E-state index is 13.0. The lowest BCUT2D eigenvalue weighted by atomic mass is 10.0. The molecule has 1 fully saturated rings. The number of rotatable bonds is 7. The van der Waals surface area contributed by atoms with E-state index in [2.05, 4.69) is 16.3 Å². The van der Waals surface area contributed by atoms with E-state index in [4.69, 9.17) is 9.47 Å². The summed E-state index contributed by atoms with van der Waals surface area (Å²) in [6.07, 6.45) is 4.04. The molecule has 8 heteroatoms. The van der Waals surface area contributed by atoms with E-state index in [-0.39, 0.29) is 30.3 Å². The number of methoxy groups -OCH3 is 2. The lowest BCUT2D eigenvalue weighted by Crippen LogP contribution is -3.00. The molecule has 0 atom stereocenters. The number of amides is 2. The third-order valence-electron chi connectivity index (χ3n) is 6.54.